The Morgan fingerprint density at radius 3 is 1.94 bits per heavy atom. The molecule has 0 radical (unpaired) electrons. The number of phenols is 1. The molecule has 15 atom stereocenters. The molecular weight excluding hydrogens is 716 g/mol. The maximum absolute atomic E-state index is 12.8. The van der Waals surface area contributed by atoms with Crippen molar-refractivity contribution in [2.24, 2.45) is 0 Å². The Morgan fingerprint density at radius 2 is 1.28 bits per heavy atom. The number of benzene rings is 2. The number of aliphatic hydroxyl groups excluding tert-OH is 10. The van der Waals surface area contributed by atoms with Crippen LogP contribution in [0.4, 0.5) is 0 Å². The van der Waals surface area contributed by atoms with Crippen LogP contribution in [0.15, 0.2) is 33.5 Å². The summed E-state index contributed by atoms with van der Waals surface area (Å²) in [5, 5.41) is 116. The van der Waals surface area contributed by atoms with Crippen LogP contribution in [0.5, 0.6) is 17.2 Å². The summed E-state index contributed by atoms with van der Waals surface area (Å²) < 4.78 is 44.7. The third-order valence-corrected chi connectivity index (χ3v) is 9.50. The average molecular weight is 759 g/mol. The van der Waals surface area contributed by atoms with Crippen LogP contribution in [0.2, 0.25) is 0 Å². The highest BCUT2D eigenvalue weighted by molar-refractivity contribution is 6.06. The smallest absolute Gasteiger partial charge is 0.229 e. The molecule has 3 aliphatic heterocycles. The van der Waals surface area contributed by atoms with Crippen LogP contribution >= 0.6 is 0 Å². The van der Waals surface area contributed by atoms with E-state index >= 15 is 0 Å². The molecule has 0 amide bonds. The molecule has 3 fully saturated rings. The summed E-state index contributed by atoms with van der Waals surface area (Å²) in [7, 11) is 1.36. The molecule has 1 aromatic heterocycles. The SMILES string of the molecule is COc1cc(O[C@@H]2O[C@H](CO[C@@H]3O[C@H](CO)[C@@H](O)[C@H](O[C@@H]4O[C@H](CO)[C@@H](O)[C@H](O)[C@H]4O)[C@H]3O)[C@@H](O)[C@H](O)[C@H]2O)c2c(O)c3c(=O)cc(C)oc3cc2c1. The van der Waals surface area contributed by atoms with Gasteiger partial charge in [0.1, 0.15) is 107 Å². The Balaban J connectivity index is 1.22. The zero-order valence-corrected chi connectivity index (χ0v) is 28.2. The Hall–Kier alpha value is -3.29. The lowest BCUT2D eigenvalue weighted by molar-refractivity contribution is -0.364. The van der Waals surface area contributed by atoms with Crippen molar-refractivity contribution in [3.05, 3.63) is 40.2 Å². The normalized spacial score (nSPS) is 37.9. The Morgan fingerprint density at radius 1 is 0.679 bits per heavy atom. The highest BCUT2D eigenvalue weighted by Gasteiger charge is 2.52. The first-order valence-electron chi connectivity index (χ1n) is 16.5. The van der Waals surface area contributed by atoms with Crippen LogP contribution in [-0.2, 0) is 23.7 Å². The molecule has 0 spiro atoms. The minimum absolute atomic E-state index is 0.00330. The highest BCUT2D eigenvalue weighted by Crippen LogP contribution is 2.42. The quantitative estimate of drug-likeness (QED) is 0.0873. The molecule has 20 heteroatoms. The van der Waals surface area contributed by atoms with E-state index in [0.717, 1.165) is 0 Å². The third-order valence-electron chi connectivity index (χ3n) is 9.50. The van der Waals surface area contributed by atoms with Crippen LogP contribution in [0.1, 0.15) is 5.76 Å². The molecule has 53 heavy (non-hydrogen) atoms. The molecule has 20 nitrogen and oxygen atoms in total. The van der Waals surface area contributed by atoms with Crippen LogP contribution in [-0.4, -0.2) is 175 Å². The first-order valence-corrected chi connectivity index (χ1v) is 16.5. The lowest BCUT2D eigenvalue weighted by Crippen LogP contribution is -2.65. The van der Waals surface area contributed by atoms with Crippen molar-refractivity contribution in [2.45, 2.75) is 99.0 Å². The van der Waals surface area contributed by atoms with Crippen molar-refractivity contribution in [3.63, 3.8) is 0 Å². The van der Waals surface area contributed by atoms with Gasteiger partial charge in [-0.1, -0.05) is 0 Å². The van der Waals surface area contributed by atoms with Crippen LogP contribution in [0.25, 0.3) is 21.7 Å². The molecule has 3 saturated heterocycles. The van der Waals surface area contributed by atoms with Gasteiger partial charge in [-0.3, -0.25) is 4.79 Å². The number of methoxy groups -OCH3 is 1. The van der Waals surface area contributed by atoms with Crippen LogP contribution in [0, 0.1) is 6.92 Å². The van der Waals surface area contributed by atoms with Crippen molar-refractivity contribution >= 4 is 21.7 Å². The van der Waals surface area contributed by atoms with Crippen molar-refractivity contribution < 1.29 is 93.7 Å². The van der Waals surface area contributed by atoms with E-state index in [0.29, 0.717) is 11.1 Å². The minimum Gasteiger partial charge on any atom is -0.506 e. The summed E-state index contributed by atoms with van der Waals surface area (Å²) >= 11 is 0. The van der Waals surface area contributed by atoms with Gasteiger partial charge in [0.15, 0.2) is 18.0 Å². The summed E-state index contributed by atoms with van der Waals surface area (Å²) in [6, 6.07) is 5.51. The summed E-state index contributed by atoms with van der Waals surface area (Å²) in [5.74, 6) is -0.160. The van der Waals surface area contributed by atoms with Gasteiger partial charge in [0.05, 0.1) is 32.3 Å². The number of ether oxygens (including phenoxy) is 7. The van der Waals surface area contributed by atoms with Gasteiger partial charge in [-0.15, -0.1) is 0 Å². The molecule has 0 bridgehead atoms. The molecule has 2 aromatic carbocycles. The molecule has 4 heterocycles. The van der Waals surface area contributed by atoms with E-state index in [1.54, 1.807) is 6.92 Å². The molecule has 11 N–H and O–H groups in total. The van der Waals surface area contributed by atoms with Gasteiger partial charge >= 0.3 is 0 Å². The fourth-order valence-electron chi connectivity index (χ4n) is 6.57. The molecule has 0 aliphatic carbocycles. The van der Waals surface area contributed by atoms with E-state index in [1.807, 2.05) is 0 Å². The van der Waals surface area contributed by atoms with E-state index in [4.69, 9.17) is 37.6 Å². The van der Waals surface area contributed by atoms with Gasteiger partial charge in [-0.2, -0.15) is 0 Å². The fourth-order valence-corrected chi connectivity index (χ4v) is 6.57. The van der Waals surface area contributed by atoms with Crippen molar-refractivity contribution in [2.75, 3.05) is 26.9 Å². The van der Waals surface area contributed by atoms with E-state index in [1.165, 1.54) is 31.4 Å². The second-order valence-corrected chi connectivity index (χ2v) is 13.0. The van der Waals surface area contributed by atoms with Gasteiger partial charge < -0.3 is 93.7 Å². The largest absolute Gasteiger partial charge is 0.506 e. The Bertz CT molecular complexity index is 1800. The van der Waals surface area contributed by atoms with Crippen molar-refractivity contribution in [1.29, 1.82) is 0 Å². The van der Waals surface area contributed by atoms with Gasteiger partial charge in [0.2, 0.25) is 6.29 Å². The third kappa shape index (κ3) is 7.42. The number of rotatable bonds is 10. The monoisotopic (exact) mass is 758 g/mol. The van der Waals surface area contributed by atoms with Gasteiger partial charge in [0.25, 0.3) is 0 Å². The zero-order chi connectivity index (χ0) is 38.5. The molecule has 0 saturated carbocycles. The minimum atomic E-state index is -1.91. The number of aliphatic hydroxyl groups is 10. The average Bonchev–Trinajstić information content (AvgIpc) is 3.12. The van der Waals surface area contributed by atoms with Gasteiger partial charge in [-0.25, -0.2) is 0 Å². The van der Waals surface area contributed by atoms with Crippen molar-refractivity contribution in [1.82, 2.24) is 0 Å². The highest BCUT2D eigenvalue weighted by atomic mass is 16.7. The maximum atomic E-state index is 12.8. The molecule has 3 aliphatic rings. The molecule has 3 aromatic rings. The molecule has 0 unspecified atom stereocenters. The number of phenolic OH excluding ortho intramolecular Hbond substituents is 1. The number of aromatic hydroxyl groups is 1. The predicted octanol–water partition coefficient (Wildman–Crippen LogP) is -4.20. The van der Waals surface area contributed by atoms with E-state index in [9.17, 15) is 61.0 Å². The Labute approximate surface area is 299 Å². The standard InChI is InChI=1S/C33H42O20/c1-10-3-13(36)20-14(48-10)5-11-4-12(46-2)6-15(19(11)24(20)40)49-32-27(43)26(42)22(38)18(52-32)9-47-31-29(45)30(23(39)17(8-35)50-31)53-33-28(44)25(41)21(37)16(7-34)51-33/h3-6,16-18,21-23,25-35,37-45H,7-9H2,1-2H3/t16-,17-,18-,21-,22-,23-,25+,26+,27-,28-,29-,30+,31-,32-,33+/m1/s1. The van der Waals surface area contributed by atoms with E-state index < -0.39 is 123 Å². The van der Waals surface area contributed by atoms with E-state index in [2.05, 4.69) is 0 Å². The molecule has 294 valence electrons. The first-order chi connectivity index (χ1) is 25.2. The zero-order valence-electron chi connectivity index (χ0n) is 28.2. The summed E-state index contributed by atoms with van der Waals surface area (Å²) in [4.78, 5) is 12.8. The second kappa shape index (κ2) is 15.8. The topological polar surface area (TPSA) is 317 Å². The number of hydrogen-bond acceptors (Lipinski definition) is 20. The first kappa shape index (κ1) is 39.4. The molecule has 6 rings (SSSR count). The lowest BCUT2D eigenvalue weighted by atomic mass is 9.97. The van der Waals surface area contributed by atoms with E-state index in [-0.39, 0.29) is 27.9 Å². The van der Waals surface area contributed by atoms with Gasteiger partial charge in [0, 0.05) is 12.1 Å². The van der Waals surface area contributed by atoms with Crippen LogP contribution < -0.4 is 14.9 Å². The fraction of sp³-hybridized carbons (Fsp3) is 0.606. The summed E-state index contributed by atoms with van der Waals surface area (Å²) in [6.45, 7) is -0.741. The number of fused-ring (bicyclic) bond motifs is 2. The number of aryl methyl sites for hydroxylation is 1. The Kier molecular flexibility index (Phi) is 11.8. The molecular formula is C33H42O20. The number of hydrogen-bond donors (Lipinski definition) is 11. The van der Waals surface area contributed by atoms with Gasteiger partial charge in [-0.05, 0) is 24.4 Å². The van der Waals surface area contributed by atoms with Crippen LogP contribution in [0.3, 0.4) is 0 Å². The maximum Gasteiger partial charge on any atom is 0.229 e. The summed E-state index contributed by atoms with van der Waals surface area (Å²) in [5.41, 5.74) is -0.466. The summed E-state index contributed by atoms with van der Waals surface area (Å²) in [6.07, 6.45) is -26.1. The predicted molar refractivity (Wildman–Crippen MR) is 173 cm³/mol. The second-order valence-electron chi connectivity index (χ2n) is 13.0. The lowest BCUT2D eigenvalue weighted by Gasteiger charge is -2.46. The van der Waals surface area contributed by atoms with Crippen molar-refractivity contribution in [3.8, 4) is 17.2 Å².